The van der Waals surface area contributed by atoms with E-state index < -0.39 is 0 Å². The number of thioether (sulfide) groups is 1. The molecule has 0 fully saturated rings. The summed E-state index contributed by atoms with van der Waals surface area (Å²) < 4.78 is 0. The molecule has 72 valence electrons. The molecule has 0 saturated heterocycles. The molecule has 1 aromatic rings. The quantitative estimate of drug-likeness (QED) is 0.776. The summed E-state index contributed by atoms with van der Waals surface area (Å²) in [5.41, 5.74) is 1.17. The van der Waals surface area contributed by atoms with Gasteiger partial charge in [-0.25, -0.2) is 9.97 Å². The van der Waals surface area contributed by atoms with Crippen LogP contribution in [-0.4, -0.2) is 28.5 Å². The van der Waals surface area contributed by atoms with E-state index >= 15 is 0 Å². The molecule has 13 heavy (non-hydrogen) atoms. The van der Waals surface area contributed by atoms with Crippen molar-refractivity contribution < 1.29 is 0 Å². The summed E-state index contributed by atoms with van der Waals surface area (Å²) in [4.78, 5) is 8.02. The average Bonchev–Trinajstić information content (AvgIpc) is 2.19. The van der Waals surface area contributed by atoms with Gasteiger partial charge in [0.2, 0.25) is 0 Å². The Morgan fingerprint density at radius 2 is 2.15 bits per heavy atom. The Morgan fingerprint density at radius 3 is 2.69 bits per heavy atom. The van der Waals surface area contributed by atoms with Crippen molar-refractivity contribution in [2.75, 3.05) is 18.6 Å². The van der Waals surface area contributed by atoms with Crippen LogP contribution in [0.5, 0.6) is 0 Å². The van der Waals surface area contributed by atoms with Gasteiger partial charge in [-0.1, -0.05) is 6.92 Å². The van der Waals surface area contributed by atoms with Crippen LogP contribution < -0.4 is 5.32 Å². The first-order valence-electron chi connectivity index (χ1n) is 4.35. The van der Waals surface area contributed by atoms with Gasteiger partial charge >= 0.3 is 0 Å². The van der Waals surface area contributed by atoms with E-state index in [2.05, 4.69) is 28.5 Å². The van der Waals surface area contributed by atoms with Crippen LogP contribution in [0.1, 0.15) is 18.5 Å². The van der Waals surface area contributed by atoms with Gasteiger partial charge in [0.25, 0.3) is 0 Å². The molecule has 0 aliphatic carbocycles. The highest BCUT2D eigenvalue weighted by Crippen LogP contribution is 2.14. The largest absolute Gasteiger partial charge is 0.309 e. The number of hydrogen-bond donors (Lipinski definition) is 1. The fourth-order valence-electron chi connectivity index (χ4n) is 1.18. The molecule has 1 aromatic heterocycles. The minimum Gasteiger partial charge on any atom is -0.309 e. The van der Waals surface area contributed by atoms with Crippen molar-refractivity contribution in [1.82, 2.24) is 15.3 Å². The van der Waals surface area contributed by atoms with Gasteiger partial charge in [-0.05, 0) is 12.8 Å². The Morgan fingerprint density at radius 1 is 1.46 bits per heavy atom. The molecule has 0 spiro atoms. The second-order valence-corrected chi connectivity index (χ2v) is 3.65. The Kier molecular flexibility index (Phi) is 4.78. The summed E-state index contributed by atoms with van der Waals surface area (Å²) in [7, 11) is 0. The standard InChI is InChI=1S/C9H15N3S/c1-3-12-9(6-13-2)8-4-10-7-11-5-8/h4-5,7,9,12H,3,6H2,1-2H3. The van der Waals surface area contributed by atoms with Crippen LogP contribution in [-0.2, 0) is 0 Å². The third-order valence-electron chi connectivity index (χ3n) is 1.77. The third-order valence-corrected chi connectivity index (χ3v) is 2.43. The van der Waals surface area contributed by atoms with E-state index in [-0.39, 0.29) is 0 Å². The Balaban J connectivity index is 2.64. The van der Waals surface area contributed by atoms with E-state index in [0.717, 1.165) is 12.3 Å². The first-order chi connectivity index (χ1) is 6.38. The lowest BCUT2D eigenvalue weighted by atomic mass is 10.2. The Labute approximate surface area is 83.4 Å². The van der Waals surface area contributed by atoms with E-state index in [1.54, 1.807) is 6.33 Å². The molecular formula is C9H15N3S. The van der Waals surface area contributed by atoms with Crippen molar-refractivity contribution in [2.24, 2.45) is 0 Å². The monoisotopic (exact) mass is 197 g/mol. The van der Waals surface area contributed by atoms with Crippen LogP contribution in [0.15, 0.2) is 18.7 Å². The molecule has 1 atom stereocenters. The molecule has 0 amide bonds. The van der Waals surface area contributed by atoms with Crippen LogP contribution in [0.2, 0.25) is 0 Å². The maximum atomic E-state index is 4.01. The average molecular weight is 197 g/mol. The van der Waals surface area contributed by atoms with Gasteiger partial charge in [0, 0.05) is 29.8 Å². The topological polar surface area (TPSA) is 37.8 Å². The summed E-state index contributed by atoms with van der Waals surface area (Å²) in [6.45, 7) is 3.08. The lowest BCUT2D eigenvalue weighted by Crippen LogP contribution is -2.23. The van der Waals surface area contributed by atoms with Crippen molar-refractivity contribution >= 4 is 11.8 Å². The van der Waals surface area contributed by atoms with Gasteiger partial charge in [-0.3, -0.25) is 0 Å². The molecule has 1 heterocycles. The minimum atomic E-state index is 0.376. The molecule has 0 aromatic carbocycles. The SMILES string of the molecule is CCNC(CSC)c1cncnc1. The van der Waals surface area contributed by atoms with Crippen molar-refractivity contribution in [3.05, 3.63) is 24.3 Å². The summed E-state index contributed by atoms with van der Waals surface area (Å²) in [6, 6.07) is 0.376. The fraction of sp³-hybridized carbons (Fsp3) is 0.556. The van der Waals surface area contributed by atoms with E-state index in [9.17, 15) is 0 Å². The molecule has 0 bridgehead atoms. The number of aromatic nitrogens is 2. The molecular weight excluding hydrogens is 182 g/mol. The molecule has 0 aliphatic heterocycles. The van der Waals surface area contributed by atoms with Gasteiger partial charge in [-0.15, -0.1) is 0 Å². The van der Waals surface area contributed by atoms with Gasteiger partial charge in [0.05, 0.1) is 0 Å². The normalized spacial score (nSPS) is 12.8. The van der Waals surface area contributed by atoms with E-state index in [1.165, 1.54) is 5.56 Å². The zero-order valence-electron chi connectivity index (χ0n) is 8.03. The maximum Gasteiger partial charge on any atom is 0.115 e. The smallest absolute Gasteiger partial charge is 0.115 e. The van der Waals surface area contributed by atoms with E-state index in [1.807, 2.05) is 24.2 Å². The highest BCUT2D eigenvalue weighted by atomic mass is 32.2. The molecule has 0 aliphatic rings. The minimum absolute atomic E-state index is 0.376. The summed E-state index contributed by atoms with van der Waals surface area (Å²) in [5.74, 6) is 1.06. The number of rotatable bonds is 5. The lowest BCUT2D eigenvalue weighted by Gasteiger charge is -2.15. The fourth-order valence-corrected chi connectivity index (χ4v) is 1.82. The molecule has 3 nitrogen and oxygen atoms in total. The first kappa shape index (κ1) is 10.5. The van der Waals surface area contributed by atoms with E-state index in [4.69, 9.17) is 0 Å². The van der Waals surface area contributed by atoms with Crippen molar-refractivity contribution in [3.8, 4) is 0 Å². The Hall–Kier alpha value is -0.610. The second kappa shape index (κ2) is 5.94. The van der Waals surface area contributed by atoms with Gasteiger partial charge < -0.3 is 5.32 Å². The zero-order valence-corrected chi connectivity index (χ0v) is 8.84. The van der Waals surface area contributed by atoms with Crippen molar-refractivity contribution in [3.63, 3.8) is 0 Å². The number of nitrogens with zero attached hydrogens (tertiary/aromatic N) is 2. The van der Waals surface area contributed by atoms with Gasteiger partial charge in [0.1, 0.15) is 6.33 Å². The van der Waals surface area contributed by atoms with Crippen LogP contribution in [0, 0.1) is 0 Å². The molecule has 1 rings (SSSR count). The molecule has 1 N–H and O–H groups in total. The van der Waals surface area contributed by atoms with Crippen LogP contribution in [0.25, 0.3) is 0 Å². The third kappa shape index (κ3) is 3.32. The van der Waals surface area contributed by atoms with Crippen molar-refractivity contribution in [1.29, 1.82) is 0 Å². The number of hydrogen-bond acceptors (Lipinski definition) is 4. The van der Waals surface area contributed by atoms with E-state index in [0.29, 0.717) is 6.04 Å². The summed E-state index contributed by atoms with van der Waals surface area (Å²) >= 11 is 1.83. The highest BCUT2D eigenvalue weighted by Gasteiger charge is 2.08. The zero-order chi connectivity index (χ0) is 9.52. The first-order valence-corrected chi connectivity index (χ1v) is 5.75. The summed E-state index contributed by atoms with van der Waals surface area (Å²) in [6.07, 6.45) is 7.41. The van der Waals surface area contributed by atoms with Gasteiger partial charge in [-0.2, -0.15) is 11.8 Å². The molecule has 4 heteroatoms. The van der Waals surface area contributed by atoms with Gasteiger partial charge in [0.15, 0.2) is 0 Å². The van der Waals surface area contributed by atoms with Crippen molar-refractivity contribution in [2.45, 2.75) is 13.0 Å². The molecule has 0 radical (unpaired) electrons. The predicted octanol–water partition coefficient (Wildman–Crippen LogP) is 1.49. The predicted molar refractivity (Wildman–Crippen MR) is 56.8 cm³/mol. The molecule has 1 unspecified atom stereocenters. The molecule has 0 saturated carbocycles. The van der Waals surface area contributed by atoms with Crippen LogP contribution in [0.3, 0.4) is 0 Å². The van der Waals surface area contributed by atoms with Crippen LogP contribution in [0.4, 0.5) is 0 Å². The van der Waals surface area contributed by atoms with Crippen LogP contribution >= 0.6 is 11.8 Å². The lowest BCUT2D eigenvalue weighted by molar-refractivity contribution is 0.602. The second-order valence-electron chi connectivity index (χ2n) is 2.74. The highest BCUT2D eigenvalue weighted by molar-refractivity contribution is 7.98. The Bertz CT molecular complexity index is 222. The summed E-state index contributed by atoms with van der Waals surface area (Å²) in [5, 5.41) is 3.40. The number of nitrogens with one attached hydrogen (secondary N) is 1. The maximum absolute atomic E-state index is 4.01.